The molecule has 1 saturated heterocycles. The molecule has 21 heavy (non-hydrogen) atoms. The first-order valence-electron chi connectivity index (χ1n) is 7.27. The number of carbonyl (C=O) groups is 1. The fourth-order valence-electron chi connectivity index (χ4n) is 2.46. The molecular weight excluding hydrogens is 272 g/mol. The molecule has 6 heteroatoms. The monoisotopic (exact) mass is 292 g/mol. The first-order chi connectivity index (χ1) is 10.2. The molecule has 0 aromatic heterocycles. The van der Waals surface area contributed by atoms with E-state index in [2.05, 4.69) is 5.32 Å². The second-order valence-electron chi connectivity index (χ2n) is 5.17. The van der Waals surface area contributed by atoms with Gasteiger partial charge in [0.1, 0.15) is 13.2 Å². The van der Waals surface area contributed by atoms with Crippen LogP contribution in [-0.2, 0) is 4.74 Å². The van der Waals surface area contributed by atoms with Crippen LogP contribution in [0, 0.1) is 0 Å². The Hall–Kier alpha value is -1.95. The second-order valence-corrected chi connectivity index (χ2v) is 5.17. The highest BCUT2D eigenvalue weighted by Crippen LogP contribution is 2.32. The molecule has 2 amide bonds. The Morgan fingerprint density at radius 3 is 2.62 bits per heavy atom. The fourth-order valence-corrected chi connectivity index (χ4v) is 2.46. The van der Waals surface area contributed by atoms with E-state index in [1.807, 2.05) is 25.1 Å². The molecule has 0 spiro atoms. The van der Waals surface area contributed by atoms with Gasteiger partial charge in [-0.25, -0.2) is 4.79 Å². The van der Waals surface area contributed by atoms with Gasteiger partial charge < -0.3 is 24.4 Å². The van der Waals surface area contributed by atoms with E-state index in [9.17, 15) is 4.79 Å². The van der Waals surface area contributed by atoms with Crippen LogP contribution in [0.1, 0.15) is 18.5 Å². The van der Waals surface area contributed by atoms with Crippen molar-refractivity contribution in [2.45, 2.75) is 13.0 Å². The maximum absolute atomic E-state index is 12.2. The van der Waals surface area contributed by atoms with Crippen molar-refractivity contribution in [2.24, 2.45) is 0 Å². The van der Waals surface area contributed by atoms with Crippen molar-refractivity contribution in [3.8, 4) is 11.5 Å². The zero-order valence-electron chi connectivity index (χ0n) is 12.1. The average molecular weight is 292 g/mol. The molecule has 2 heterocycles. The van der Waals surface area contributed by atoms with Gasteiger partial charge in [0, 0.05) is 13.1 Å². The number of hydrogen-bond acceptors (Lipinski definition) is 4. The number of nitrogens with zero attached hydrogens (tertiary/aromatic N) is 1. The van der Waals surface area contributed by atoms with Crippen LogP contribution in [0.4, 0.5) is 4.79 Å². The highest BCUT2D eigenvalue weighted by atomic mass is 16.6. The van der Waals surface area contributed by atoms with Crippen LogP contribution in [-0.4, -0.2) is 50.4 Å². The summed E-state index contributed by atoms with van der Waals surface area (Å²) in [6.07, 6.45) is 0. The van der Waals surface area contributed by atoms with Crippen molar-refractivity contribution in [1.29, 1.82) is 0 Å². The van der Waals surface area contributed by atoms with Crippen LogP contribution in [0.15, 0.2) is 18.2 Å². The van der Waals surface area contributed by atoms with Gasteiger partial charge in [0.15, 0.2) is 11.5 Å². The normalized spacial score (nSPS) is 19.0. The minimum absolute atomic E-state index is 0.0549. The van der Waals surface area contributed by atoms with E-state index >= 15 is 0 Å². The predicted molar refractivity (Wildman–Crippen MR) is 76.8 cm³/mol. The number of carbonyl (C=O) groups excluding carboxylic acids is 1. The predicted octanol–water partition coefficient (Wildman–Crippen LogP) is 1.56. The molecule has 0 radical (unpaired) electrons. The highest BCUT2D eigenvalue weighted by Gasteiger charge is 2.20. The van der Waals surface area contributed by atoms with Gasteiger partial charge >= 0.3 is 6.03 Å². The minimum atomic E-state index is -0.0869. The average Bonchev–Trinajstić information content (AvgIpc) is 2.55. The van der Waals surface area contributed by atoms with Crippen molar-refractivity contribution in [1.82, 2.24) is 10.2 Å². The Kier molecular flexibility index (Phi) is 4.15. The van der Waals surface area contributed by atoms with E-state index in [0.717, 1.165) is 17.1 Å². The van der Waals surface area contributed by atoms with E-state index in [1.54, 1.807) is 4.90 Å². The van der Waals surface area contributed by atoms with Crippen molar-refractivity contribution < 1.29 is 19.0 Å². The summed E-state index contributed by atoms with van der Waals surface area (Å²) in [4.78, 5) is 13.9. The third-order valence-electron chi connectivity index (χ3n) is 3.70. The first kappa shape index (κ1) is 14.0. The maximum atomic E-state index is 12.2. The molecule has 2 aliphatic rings. The van der Waals surface area contributed by atoms with Crippen LogP contribution in [0.3, 0.4) is 0 Å². The summed E-state index contributed by atoms with van der Waals surface area (Å²) < 4.78 is 16.3. The summed E-state index contributed by atoms with van der Waals surface area (Å²) in [5, 5.41) is 3.01. The third-order valence-corrected chi connectivity index (χ3v) is 3.70. The van der Waals surface area contributed by atoms with Gasteiger partial charge in [-0.1, -0.05) is 6.07 Å². The molecule has 3 rings (SSSR count). The molecule has 2 aliphatic heterocycles. The van der Waals surface area contributed by atoms with Crippen molar-refractivity contribution in [3.05, 3.63) is 23.8 Å². The van der Waals surface area contributed by atoms with Crippen LogP contribution in [0.5, 0.6) is 11.5 Å². The van der Waals surface area contributed by atoms with Gasteiger partial charge in [0.25, 0.3) is 0 Å². The SMILES string of the molecule is C[C@H](NC(=O)N1CCOCC1)c1ccc2c(c1)OCCO2. The van der Waals surface area contributed by atoms with Crippen LogP contribution < -0.4 is 14.8 Å². The number of benzene rings is 1. The fraction of sp³-hybridized carbons (Fsp3) is 0.533. The third kappa shape index (κ3) is 3.21. The zero-order valence-corrected chi connectivity index (χ0v) is 12.1. The lowest BCUT2D eigenvalue weighted by Gasteiger charge is -2.28. The van der Waals surface area contributed by atoms with E-state index < -0.39 is 0 Å². The number of morpholine rings is 1. The lowest BCUT2D eigenvalue weighted by molar-refractivity contribution is 0.0526. The minimum Gasteiger partial charge on any atom is -0.486 e. The molecule has 1 atom stereocenters. The number of rotatable bonds is 2. The molecule has 1 aromatic carbocycles. The molecule has 114 valence electrons. The zero-order chi connectivity index (χ0) is 14.7. The van der Waals surface area contributed by atoms with Gasteiger partial charge in [-0.3, -0.25) is 0 Å². The molecule has 1 N–H and O–H groups in total. The standard InChI is InChI=1S/C15H20N2O4/c1-11(16-15(18)17-4-6-19-7-5-17)12-2-3-13-14(10-12)21-9-8-20-13/h2-3,10-11H,4-9H2,1H3,(H,16,18)/t11-/m0/s1. The molecule has 0 aliphatic carbocycles. The first-order valence-corrected chi connectivity index (χ1v) is 7.27. The van der Waals surface area contributed by atoms with Crippen molar-refractivity contribution in [2.75, 3.05) is 39.5 Å². The van der Waals surface area contributed by atoms with Gasteiger partial charge in [0.2, 0.25) is 0 Å². The van der Waals surface area contributed by atoms with Crippen LogP contribution in [0.25, 0.3) is 0 Å². The maximum Gasteiger partial charge on any atom is 0.318 e. The number of ether oxygens (including phenoxy) is 3. The van der Waals surface area contributed by atoms with Crippen molar-refractivity contribution in [3.63, 3.8) is 0 Å². The summed E-state index contributed by atoms with van der Waals surface area (Å²) in [6.45, 7) is 5.58. The summed E-state index contributed by atoms with van der Waals surface area (Å²) >= 11 is 0. The molecule has 0 bridgehead atoms. The second kappa shape index (κ2) is 6.22. The highest BCUT2D eigenvalue weighted by molar-refractivity contribution is 5.74. The Balaban J connectivity index is 1.64. The number of urea groups is 1. The van der Waals surface area contributed by atoms with Gasteiger partial charge in [-0.2, -0.15) is 0 Å². The largest absolute Gasteiger partial charge is 0.486 e. The molecule has 1 aromatic rings. The number of hydrogen-bond donors (Lipinski definition) is 1. The van der Waals surface area contributed by atoms with Gasteiger partial charge in [-0.15, -0.1) is 0 Å². The molecule has 6 nitrogen and oxygen atoms in total. The topological polar surface area (TPSA) is 60.0 Å². The summed E-state index contributed by atoms with van der Waals surface area (Å²) in [5.74, 6) is 1.50. The Bertz CT molecular complexity index is 514. The molecule has 0 unspecified atom stereocenters. The Morgan fingerprint density at radius 2 is 1.86 bits per heavy atom. The lowest BCUT2D eigenvalue weighted by Crippen LogP contribution is -2.46. The number of nitrogens with one attached hydrogen (secondary N) is 1. The van der Waals surface area contributed by atoms with E-state index in [1.165, 1.54) is 0 Å². The number of amides is 2. The van der Waals surface area contributed by atoms with E-state index in [0.29, 0.717) is 39.5 Å². The van der Waals surface area contributed by atoms with Gasteiger partial charge in [-0.05, 0) is 24.6 Å². The Morgan fingerprint density at radius 1 is 1.14 bits per heavy atom. The molecule has 1 fully saturated rings. The van der Waals surface area contributed by atoms with Gasteiger partial charge in [0.05, 0.1) is 19.3 Å². The van der Waals surface area contributed by atoms with Crippen molar-refractivity contribution >= 4 is 6.03 Å². The summed E-state index contributed by atoms with van der Waals surface area (Å²) in [6, 6.07) is 5.63. The Labute approximate surface area is 124 Å². The molecular formula is C15H20N2O4. The summed E-state index contributed by atoms with van der Waals surface area (Å²) in [5.41, 5.74) is 1.00. The quantitative estimate of drug-likeness (QED) is 0.898. The summed E-state index contributed by atoms with van der Waals surface area (Å²) in [7, 11) is 0. The smallest absolute Gasteiger partial charge is 0.318 e. The van der Waals surface area contributed by atoms with Crippen LogP contribution >= 0.6 is 0 Å². The van der Waals surface area contributed by atoms with Crippen LogP contribution in [0.2, 0.25) is 0 Å². The number of fused-ring (bicyclic) bond motifs is 1. The van der Waals surface area contributed by atoms with E-state index in [4.69, 9.17) is 14.2 Å². The lowest BCUT2D eigenvalue weighted by atomic mass is 10.1. The molecule has 0 saturated carbocycles. The van der Waals surface area contributed by atoms with E-state index in [-0.39, 0.29) is 12.1 Å².